The molecule has 6 nitrogen and oxygen atoms in total. The van der Waals surface area contributed by atoms with Gasteiger partial charge in [-0.15, -0.1) is 0 Å². The SMILES string of the molecule is COc1ccc(Cl)cc1N(C(C)C(=O)Nc1ccc(C)cc1C)S(C)(=O)=O. The summed E-state index contributed by atoms with van der Waals surface area (Å²) in [5, 5.41) is 3.13. The van der Waals surface area contributed by atoms with Crippen molar-refractivity contribution in [3.05, 3.63) is 52.5 Å². The highest BCUT2D eigenvalue weighted by molar-refractivity contribution is 7.92. The number of rotatable bonds is 6. The zero-order valence-electron chi connectivity index (χ0n) is 15.9. The molecule has 146 valence electrons. The van der Waals surface area contributed by atoms with Crippen molar-refractivity contribution in [3.63, 3.8) is 0 Å². The molecule has 0 radical (unpaired) electrons. The molecule has 2 rings (SSSR count). The number of carbonyl (C=O) groups is 1. The minimum absolute atomic E-state index is 0.204. The van der Waals surface area contributed by atoms with Gasteiger partial charge in [-0.2, -0.15) is 0 Å². The van der Waals surface area contributed by atoms with Crippen molar-refractivity contribution in [2.75, 3.05) is 23.0 Å². The Kier molecular flexibility index (Phi) is 6.38. The standard InChI is InChI=1S/C19H23ClN2O4S/c1-12-6-8-16(13(2)10-12)21-19(23)14(3)22(27(5,24)25)17-11-15(20)7-9-18(17)26-4/h6-11,14H,1-5H3,(H,21,23). The first-order valence-electron chi connectivity index (χ1n) is 8.25. The van der Waals surface area contributed by atoms with Gasteiger partial charge in [-0.1, -0.05) is 29.3 Å². The number of ether oxygens (including phenoxy) is 1. The highest BCUT2D eigenvalue weighted by Crippen LogP contribution is 2.34. The van der Waals surface area contributed by atoms with Gasteiger partial charge in [-0.3, -0.25) is 9.10 Å². The second-order valence-electron chi connectivity index (χ2n) is 6.36. The van der Waals surface area contributed by atoms with Crippen LogP contribution in [0.3, 0.4) is 0 Å². The number of nitrogens with zero attached hydrogens (tertiary/aromatic N) is 1. The van der Waals surface area contributed by atoms with Crippen molar-refractivity contribution in [1.82, 2.24) is 0 Å². The van der Waals surface area contributed by atoms with Crippen LogP contribution in [0.2, 0.25) is 5.02 Å². The summed E-state index contributed by atoms with van der Waals surface area (Å²) in [7, 11) is -2.36. The lowest BCUT2D eigenvalue weighted by Gasteiger charge is -2.29. The van der Waals surface area contributed by atoms with E-state index in [4.69, 9.17) is 16.3 Å². The van der Waals surface area contributed by atoms with E-state index in [2.05, 4.69) is 5.32 Å². The van der Waals surface area contributed by atoms with Gasteiger partial charge >= 0.3 is 0 Å². The first kappa shape index (κ1) is 21.1. The topological polar surface area (TPSA) is 75.7 Å². The Labute approximate surface area is 165 Å². The van der Waals surface area contributed by atoms with Crippen LogP contribution >= 0.6 is 11.6 Å². The highest BCUT2D eigenvalue weighted by atomic mass is 35.5. The smallest absolute Gasteiger partial charge is 0.248 e. The van der Waals surface area contributed by atoms with Crippen molar-refractivity contribution in [3.8, 4) is 5.75 Å². The number of methoxy groups -OCH3 is 1. The van der Waals surface area contributed by atoms with Gasteiger partial charge < -0.3 is 10.1 Å². The third-order valence-corrected chi connectivity index (χ3v) is 5.57. The summed E-state index contributed by atoms with van der Waals surface area (Å²) in [6.07, 6.45) is 1.04. The number of carbonyl (C=O) groups excluding carboxylic acids is 1. The van der Waals surface area contributed by atoms with Crippen LogP contribution in [-0.2, 0) is 14.8 Å². The fourth-order valence-corrected chi connectivity index (χ4v) is 4.14. The van der Waals surface area contributed by atoms with Gasteiger partial charge in [0, 0.05) is 10.7 Å². The monoisotopic (exact) mass is 410 g/mol. The molecule has 1 N–H and O–H groups in total. The Morgan fingerprint density at radius 2 is 1.85 bits per heavy atom. The second-order valence-corrected chi connectivity index (χ2v) is 8.65. The summed E-state index contributed by atoms with van der Waals surface area (Å²) < 4.78 is 31.2. The quantitative estimate of drug-likeness (QED) is 0.786. The number of sulfonamides is 1. The summed E-state index contributed by atoms with van der Waals surface area (Å²) in [4.78, 5) is 12.8. The molecule has 1 atom stereocenters. The first-order valence-corrected chi connectivity index (χ1v) is 10.5. The van der Waals surface area contributed by atoms with Crippen molar-refractivity contribution in [2.24, 2.45) is 0 Å². The molecule has 0 aliphatic rings. The molecular formula is C19H23ClN2O4S. The molecule has 27 heavy (non-hydrogen) atoms. The number of hydrogen-bond donors (Lipinski definition) is 1. The molecule has 0 saturated carbocycles. The van der Waals surface area contributed by atoms with Gasteiger partial charge in [0.2, 0.25) is 15.9 Å². The molecule has 0 aliphatic heterocycles. The van der Waals surface area contributed by atoms with E-state index in [1.54, 1.807) is 18.2 Å². The predicted molar refractivity (Wildman–Crippen MR) is 109 cm³/mol. The number of aryl methyl sites for hydroxylation is 2. The van der Waals surface area contributed by atoms with Gasteiger partial charge in [-0.25, -0.2) is 8.42 Å². The van der Waals surface area contributed by atoms with Crippen LogP contribution in [0.4, 0.5) is 11.4 Å². The Hall–Kier alpha value is -2.25. The van der Waals surface area contributed by atoms with Crippen molar-refractivity contribution in [2.45, 2.75) is 26.8 Å². The van der Waals surface area contributed by atoms with Crippen LogP contribution in [0.1, 0.15) is 18.1 Å². The Bertz CT molecular complexity index is 960. The maximum Gasteiger partial charge on any atom is 0.248 e. The predicted octanol–water partition coefficient (Wildman–Crippen LogP) is 3.76. The number of nitrogens with one attached hydrogen (secondary N) is 1. The molecule has 0 saturated heterocycles. The summed E-state index contributed by atoms with van der Waals surface area (Å²) in [6.45, 7) is 5.35. The molecule has 0 heterocycles. The lowest BCUT2D eigenvalue weighted by molar-refractivity contribution is -0.116. The minimum atomic E-state index is -3.79. The van der Waals surface area contributed by atoms with Gasteiger partial charge in [0.1, 0.15) is 11.8 Å². The van der Waals surface area contributed by atoms with E-state index >= 15 is 0 Å². The van der Waals surface area contributed by atoms with E-state index in [1.165, 1.54) is 20.1 Å². The molecule has 0 fully saturated rings. The number of benzene rings is 2. The third kappa shape index (κ3) is 4.93. The first-order chi connectivity index (χ1) is 12.5. The normalized spacial score (nSPS) is 12.4. The van der Waals surface area contributed by atoms with Crippen molar-refractivity contribution in [1.29, 1.82) is 0 Å². The van der Waals surface area contributed by atoms with Gasteiger partial charge in [0.25, 0.3) is 0 Å². The van der Waals surface area contributed by atoms with E-state index in [9.17, 15) is 13.2 Å². The molecule has 8 heteroatoms. The van der Waals surface area contributed by atoms with Crippen LogP contribution in [0.5, 0.6) is 5.75 Å². The lowest BCUT2D eigenvalue weighted by atomic mass is 10.1. The van der Waals surface area contributed by atoms with Crippen LogP contribution in [0.15, 0.2) is 36.4 Å². The maximum absolute atomic E-state index is 12.8. The molecule has 2 aromatic rings. The van der Waals surface area contributed by atoms with E-state index in [-0.39, 0.29) is 5.69 Å². The summed E-state index contributed by atoms with van der Waals surface area (Å²) >= 11 is 6.04. The number of hydrogen-bond acceptors (Lipinski definition) is 4. The molecule has 1 unspecified atom stereocenters. The minimum Gasteiger partial charge on any atom is -0.495 e. The molecule has 0 aromatic heterocycles. The van der Waals surface area contributed by atoms with Crippen LogP contribution in [0, 0.1) is 13.8 Å². The Morgan fingerprint density at radius 3 is 2.41 bits per heavy atom. The Morgan fingerprint density at radius 1 is 1.19 bits per heavy atom. The van der Waals surface area contributed by atoms with Gasteiger partial charge in [-0.05, 0) is 50.6 Å². The van der Waals surface area contributed by atoms with E-state index in [1.807, 2.05) is 26.0 Å². The molecule has 0 spiro atoms. The number of amides is 1. The summed E-state index contributed by atoms with van der Waals surface area (Å²) in [6, 6.07) is 9.20. The van der Waals surface area contributed by atoms with Gasteiger partial charge in [0.05, 0.1) is 19.1 Å². The molecule has 2 aromatic carbocycles. The Balaban J connectivity index is 2.42. The van der Waals surface area contributed by atoms with Crippen molar-refractivity contribution >= 4 is 38.9 Å². The lowest BCUT2D eigenvalue weighted by Crippen LogP contribution is -2.45. The van der Waals surface area contributed by atoms with E-state index in [0.717, 1.165) is 21.7 Å². The molecule has 0 bridgehead atoms. The maximum atomic E-state index is 12.8. The zero-order chi connectivity index (χ0) is 20.4. The van der Waals surface area contributed by atoms with Crippen LogP contribution in [0.25, 0.3) is 0 Å². The summed E-state index contributed by atoms with van der Waals surface area (Å²) in [5.41, 5.74) is 2.79. The highest BCUT2D eigenvalue weighted by Gasteiger charge is 2.31. The molecular weight excluding hydrogens is 388 g/mol. The second kappa shape index (κ2) is 8.19. The average molecular weight is 411 g/mol. The van der Waals surface area contributed by atoms with E-state index < -0.39 is 22.0 Å². The average Bonchev–Trinajstić information content (AvgIpc) is 2.56. The van der Waals surface area contributed by atoms with Crippen molar-refractivity contribution < 1.29 is 17.9 Å². The number of anilines is 2. The fourth-order valence-electron chi connectivity index (χ4n) is 2.81. The zero-order valence-corrected chi connectivity index (χ0v) is 17.5. The fraction of sp³-hybridized carbons (Fsp3) is 0.316. The van der Waals surface area contributed by atoms with Crippen LogP contribution < -0.4 is 14.4 Å². The molecule has 0 aliphatic carbocycles. The third-order valence-electron chi connectivity index (χ3n) is 4.11. The summed E-state index contributed by atoms with van der Waals surface area (Å²) in [5.74, 6) is -0.162. The number of halogens is 1. The van der Waals surface area contributed by atoms with Gasteiger partial charge in [0.15, 0.2) is 0 Å². The van der Waals surface area contributed by atoms with E-state index in [0.29, 0.717) is 16.5 Å². The molecule has 1 amide bonds. The largest absolute Gasteiger partial charge is 0.495 e. The van der Waals surface area contributed by atoms with Crippen LogP contribution in [-0.4, -0.2) is 33.7 Å².